The Labute approximate surface area is 137 Å². The SMILES string of the molecule is CCn1cc(S(=O)(=O)NC[C@@H](C)Cn2nc(C)cc2C)c(C)n1. The highest BCUT2D eigenvalue weighted by Gasteiger charge is 2.21. The third-order valence-electron chi connectivity index (χ3n) is 3.72. The fourth-order valence-electron chi connectivity index (χ4n) is 2.47. The molecule has 23 heavy (non-hydrogen) atoms. The molecule has 2 heterocycles. The number of rotatable bonds is 7. The van der Waals surface area contributed by atoms with Crippen molar-refractivity contribution >= 4 is 10.0 Å². The summed E-state index contributed by atoms with van der Waals surface area (Å²) < 4.78 is 31.1. The molecule has 8 heteroatoms. The second-order valence-corrected chi connectivity index (χ2v) is 7.74. The summed E-state index contributed by atoms with van der Waals surface area (Å²) in [6, 6.07) is 2.01. The molecule has 2 aromatic rings. The topological polar surface area (TPSA) is 81.8 Å². The number of aromatic nitrogens is 4. The van der Waals surface area contributed by atoms with Crippen molar-refractivity contribution in [2.45, 2.75) is 52.6 Å². The lowest BCUT2D eigenvalue weighted by molar-refractivity contribution is 0.436. The Balaban J connectivity index is 2.01. The van der Waals surface area contributed by atoms with E-state index in [2.05, 4.69) is 14.9 Å². The van der Waals surface area contributed by atoms with Crippen LogP contribution in [-0.2, 0) is 23.1 Å². The van der Waals surface area contributed by atoms with Gasteiger partial charge in [-0.15, -0.1) is 0 Å². The molecule has 0 unspecified atom stereocenters. The van der Waals surface area contributed by atoms with Crippen molar-refractivity contribution in [1.29, 1.82) is 0 Å². The van der Waals surface area contributed by atoms with Crippen LogP contribution in [0.25, 0.3) is 0 Å². The van der Waals surface area contributed by atoms with Gasteiger partial charge in [0.25, 0.3) is 0 Å². The van der Waals surface area contributed by atoms with E-state index >= 15 is 0 Å². The van der Waals surface area contributed by atoms with E-state index in [1.165, 1.54) is 0 Å². The zero-order valence-corrected chi connectivity index (χ0v) is 15.2. The summed E-state index contributed by atoms with van der Waals surface area (Å²) in [4.78, 5) is 0.248. The first-order valence-corrected chi connectivity index (χ1v) is 9.26. The standard InChI is InChI=1S/C15H25N5O2S/c1-6-19-10-15(14(5)18-19)23(21,22)16-8-11(2)9-20-13(4)7-12(3)17-20/h7,10-11,16H,6,8-9H2,1-5H3/t11-/m1/s1. The van der Waals surface area contributed by atoms with E-state index in [0.717, 1.165) is 11.4 Å². The molecule has 2 aromatic heterocycles. The van der Waals surface area contributed by atoms with Gasteiger partial charge in [-0.3, -0.25) is 9.36 Å². The first kappa shape index (κ1) is 17.7. The highest BCUT2D eigenvalue weighted by atomic mass is 32.2. The number of sulfonamides is 1. The van der Waals surface area contributed by atoms with Crippen LogP contribution in [0.2, 0.25) is 0 Å². The summed E-state index contributed by atoms with van der Waals surface area (Å²) in [5, 5.41) is 8.60. The van der Waals surface area contributed by atoms with Crippen molar-refractivity contribution in [2.24, 2.45) is 5.92 Å². The first-order valence-electron chi connectivity index (χ1n) is 7.77. The maximum Gasteiger partial charge on any atom is 0.243 e. The number of nitrogens with one attached hydrogen (secondary N) is 1. The lowest BCUT2D eigenvalue weighted by Crippen LogP contribution is -2.30. The van der Waals surface area contributed by atoms with Crippen LogP contribution >= 0.6 is 0 Å². The lowest BCUT2D eigenvalue weighted by Gasteiger charge is -2.14. The molecule has 2 rings (SSSR count). The number of nitrogens with zero attached hydrogens (tertiary/aromatic N) is 4. The van der Waals surface area contributed by atoms with Gasteiger partial charge in [0.05, 0.1) is 11.4 Å². The van der Waals surface area contributed by atoms with E-state index in [9.17, 15) is 8.42 Å². The summed E-state index contributed by atoms with van der Waals surface area (Å²) in [5.41, 5.74) is 2.57. The van der Waals surface area contributed by atoms with Crippen molar-refractivity contribution in [1.82, 2.24) is 24.3 Å². The average Bonchev–Trinajstić information content (AvgIpc) is 3.00. The van der Waals surface area contributed by atoms with Gasteiger partial charge in [-0.25, -0.2) is 13.1 Å². The molecule has 0 saturated heterocycles. The van der Waals surface area contributed by atoms with Gasteiger partial charge in [-0.05, 0) is 39.7 Å². The Morgan fingerprint density at radius 2 is 1.96 bits per heavy atom. The maximum atomic E-state index is 12.4. The van der Waals surface area contributed by atoms with E-state index in [0.29, 0.717) is 25.3 Å². The summed E-state index contributed by atoms with van der Waals surface area (Å²) in [6.07, 6.45) is 1.57. The fraction of sp³-hybridized carbons (Fsp3) is 0.600. The van der Waals surface area contributed by atoms with Crippen LogP contribution in [0.3, 0.4) is 0 Å². The van der Waals surface area contributed by atoms with Crippen molar-refractivity contribution in [3.05, 3.63) is 29.3 Å². The van der Waals surface area contributed by atoms with E-state index in [1.807, 2.05) is 38.4 Å². The minimum absolute atomic E-state index is 0.129. The summed E-state index contributed by atoms with van der Waals surface area (Å²) >= 11 is 0. The zero-order valence-electron chi connectivity index (χ0n) is 14.4. The molecule has 0 saturated carbocycles. The molecule has 0 aliphatic rings. The van der Waals surface area contributed by atoms with Gasteiger partial charge in [-0.2, -0.15) is 10.2 Å². The van der Waals surface area contributed by atoms with Crippen LogP contribution in [0.4, 0.5) is 0 Å². The second-order valence-electron chi connectivity index (χ2n) is 6.00. The Kier molecular flexibility index (Phi) is 5.26. The molecule has 0 spiro atoms. The molecule has 0 radical (unpaired) electrons. The molecule has 7 nitrogen and oxygen atoms in total. The van der Waals surface area contributed by atoms with Crippen molar-refractivity contribution in [2.75, 3.05) is 6.54 Å². The van der Waals surface area contributed by atoms with Gasteiger partial charge >= 0.3 is 0 Å². The van der Waals surface area contributed by atoms with Crippen molar-refractivity contribution < 1.29 is 8.42 Å². The largest absolute Gasteiger partial charge is 0.271 e. The number of aryl methyl sites for hydroxylation is 4. The lowest BCUT2D eigenvalue weighted by atomic mass is 10.2. The van der Waals surface area contributed by atoms with Gasteiger partial charge in [0.2, 0.25) is 10.0 Å². The fourth-order valence-corrected chi connectivity index (χ4v) is 3.82. The molecular weight excluding hydrogens is 314 g/mol. The second kappa shape index (κ2) is 6.84. The van der Waals surface area contributed by atoms with Gasteiger partial charge in [0, 0.05) is 31.5 Å². The summed E-state index contributed by atoms with van der Waals surface area (Å²) in [6.45, 7) is 11.3. The van der Waals surface area contributed by atoms with Crippen LogP contribution in [0, 0.1) is 26.7 Å². The number of hydrogen-bond donors (Lipinski definition) is 1. The highest BCUT2D eigenvalue weighted by Crippen LogP contribution is 2.14. The van der Waals surface area contributed by atoms with Crippen LogP contribution in [-0.4, -0.2) is 34.5 Å². The maximum absolute atomic E-state index is 12.4. The highest BCUT2D eigenvalue weighted by molar-refractivity contribution is 7.89. The van der Waals surface area contributed by atoms with Gasteiger partial charge in [-0.1, -0.05) is 6.92 Å². The molecule has 0 amide bonds. The molecule has 0 bridgehead atoms. The molecule has 0 aliphatic carbocycles. The minimum Gasteiger partial charge on any atom is -0.271 e. The van der Waals surface area contributed by atoms with Crippen molar-refractivity contribution in [3.8, 4) is 0 Å². The van der Waals surface area contributed by atoms with E-state index in [-0.39, 0.29) is 10.8 Å². The molecule has 0 fully saturated rings. The number of hydrogen-bond acceptors (Lipinski definition) is 4. The van der Waals surface area contributed by atoms with Crippen LogP contribution in [0.5, 0.6) is 0 Å². The van der Waals surface area contributed by atoms with Gasteiger partial charge < -0.3 is 0 Å². The van der Waals surface area contributed by atoms with Crippen molar-refractivity contribution in [3.63, 3.8) is 0 Å². The zero-order chi connectivity index (χ0) is 17.2. The Morgan fingerprint density at radius 3 is 2.48 bits per heavy atom. The Bertz CT molecular complexity index is 776. The Hall–Kier alpha value is -1.67. The molecule has 0 aliphatic heterocycles. The van der Waals surface area contributed by atoms with Crippen LogP contribution < -0.4 is 4.72 Å². The summed E-state index contributed by atoms with van der Waals surface area (Å²) in [5.74, 6) is 0.129. The van der Waals surface area contributed by atoms with E-state index in [4.69, 9.17) is 0 Å². The molecular formula is C15H25N5O2S. The van der Waals surface area contributed by atoms with E-state index < -0.39 is 10.0 Å². The third-order valence-corrected chi connectivity index (χ3v) is 5.25. The minimum atomic E-state index is -3.54. The molecule has 128 valence electrons. The molecule has 1 N–H and O–H groups in total. The first-order chi connectivity index (χ1) is 10.7. The van der Waals surface area contributed by atoms with Crippen LogP contribution in [0.15, 0.2) is 17.2 Å². The molecule has 0 aromatic carbocycles. The van der Waals surface area contributed by atoms with Gasteiger partial charge in [0.15, 0.2) is 0 Å². The quantitative estimate of drug-likeness (QED) is 0.831. The summed E-state index contributed by atoms with van der Waals surface area (Å²) in [7, 11) is -3.54. The average molecular weight is 339 g/mol. The Morgan fingerprint density at radius 1 is 1.26 bits per heavy atom. The monoisotopic (exact) mass is 339 g/mol. The third kappa shape index (κ3) is 4.20. The van der Waals surface area contributed by atoms with Crippen LogP contribution in [0.1, 0.15) is 30.9 Å². The predicted molar refractivity (Wildman–Crippen MR) is 88.7 cm³/mol. The van der Waals surface area contributed by atoms with E-state index in [1.54, 1.807) is 17.8 Å². The molecule has 1 atom stereocenters. The van der Waals surface area contributed by atoms with Gasteiger partial charge in [0.1, 0.15) is 4.90 Å². The normalized spacial score (nSPS) is 13.4. The smallest absolute Gasteiger partial charge is 0.243 e. The predicted octanol–water partition coefficient (Wildman–Crippen LogP) is 1.64.